The summed E-state index contributed by atoms with van der Waals surface area (Å²) in [5, 5.41) is 3.25. The van der Waals surface area contributed by atoms with Crippen molar-refractivity contribution in [1.82, 2.24) is 10.2 Å². The molecule has 0 unspecified atom stereocenters. The Labute approximate surface area is 152 Å². The van der Waals surface area contributed by atoms with Gasteiger partial charge < -0.3 is 10.2 Å². The number of nitrogens with one attached hydrogen (secondary N) is 1. The first-order valence-electron chi connectivity index (χ1n) is 9.12. The molecular weight excluding hydrogens is 308 g/mol. The van der Waals surface area contributed by atoms with Crippen LogP contribution in [-0.2, 0) is 0 Å². The molecule has 0 spiro atoms. The molecule has 2 aromatic rings. The summed E-state index contributed by atoms with van der Waals surface area (Å²) in [6.45, 7) is 10.1. The molecule has 2 amide bonds. The third kappa shape index (κ3) is 5.93. The molecule has 0 aliphatic carbocycles. The zero-order valence-electron chi connectivity index (χ0n) is 15.8. The monoisotopic (exact) mass is 338 g/mol. The molecule has 0 bridgehead atoms. The van der Waals surface area contributed by atoms with E-state index in [1.807, 2.05) is 41.3 Å². The van der Waals surface area contributed by atoms with Gasteiger partial charge in [0.2, 0.25) is 0 Å². The van der Waals surface area contributed by atoms with Gasteiger partial charge in [0.25, 0.3) is 0 Å². The van der Waals surface area contributed by atoms with Gasteiger partial charge in [0.15, 0.2) is 0 Å². The number of rotatable bonds is 7. The Balaban J connectivity index is 2.24. The van der Waals surface area contributed by atoms with Crippen LogP contribution in [0.3, 0.4) is 0 Å². The molecule has 0 saturated heterocycles. The molecule has 2 rings (SSSR count). The van der Waals surface area contributed by atoms with E-state index in [1.54, 1.807) is 0 Å². The van der Waals surface area contributed by atoms with Crippen molar-refractivity contribution in [3.05, 3.63) is 71.8 Å². The van der Waals surface area contributed by atoms with Crippen molar-refractivity contribution < 1.29 is 4.79 Å². The Hall–Kier alpha value is -2.29. The highest BCUT2D eigenvalue weighted by molar-refractivity contribution is 5.75. The molecule has 0 fully saturated rings. The van der Waals surface area contributed by atoms with E-state index in [2.05, 4.69) is 57.3 Å². The van der Waals surface area contributed by atoms with E-state index in [1.165, 1.54) is 0 Å². The maximum atomic E-state index is 13.0. The van der Waals surface area contributed by atoms with Crippen LogP contribution in [0.4, 0.5) is 4.79 Å². The van der Waals surface area contributed by atoms with Gasteiger partial charge in [-0.05, 0) is 23.0 Å². The van der Waals surface area contributed by atoms with Gasteiger partial charge >= 0.3 is 6.03 Å². The number of carbonyl (C=O) groups is 1. The van der Waals surface area contributed by atoms with Crippen LogP contribution in [0.15, 0.2) is 60.7 Å². The van der Waals surface area contributed by atoms with Crippen molar-refractivity contribution in [3.8, 4) is 0 Å². The van der Waals surface area contributed by atoms with Gasteiger partial charge in [0.05, 0.1) is 6.04 Å². The summed E-state index contributed by atoms with van der Waals surface area (Å²) in [6, 6.07) is 20.1. The van der Waals surface area contributed by atoms with E-state index in [0.717, 1.165) is 24.2 Å². The first-order valence-corrected chi connectivity index (χ1v) is 9.12. The van der Waals surface area contributed by atoms with E-state index in [9.17, 15) is 4.79 Å². The van der Waals surface area contributed by atoms with Gasteiger partial charge in [-0.2, -0.15) is 0 Å². The fraction of sp³-hybridized carbons (Fsp3) is 0.409. The van der Waals surface area contributed by atoms with Crippen molar-refractivity contribution in [2.45, 2.75) is 33.7 Å². The first kappa shape index (κ1) is 19.0. The lowest BCUT2D eigenvalue weighted by Crippen LogP contribution is -2.45. The summed E-state index contributed by atoms with van der Waals surface area (Å²) < 4.78 is 0. The summed E-state index contributed by atoms with van der Waals surface area (Å²) in [7, 11) is 0. The Morgan fingerprint density at radius 2 is 1.20 bits per heavy atom. The number of urea groups is 1. The van der Waals surface area contributed by atoms with E-state index in [-0.39, 0.29) is 12.1 Å². The number of nitrogens with zero attached hydrogens (tertiary/aromatic N) is 1. The van der Waals surface area contributed by atoms with Gasteiger partial charge in [-0.15, -0.1) is 0 Å². The van der Waals surface area contributed by atoms with Gasteiger partial charge in [-0.1, -0.05) is 88.4 Å². The second-order valence-electron chi connectivity index (χ2n) is 7.40. The average molecular weight is 338 g/mol. The molecule has 3 nitrogen and oxygen atoms in total. The van der Waals surface area contributed by atoms with Crippen LogP contribution in [0.1, 0.15) is 44.9 Å². The van der Waals surface area contributed by atoms with Crippen LogP contribution >= 0.6 is 0 Å². The van der Waals surface area contributed by atoms with Crippen LogP contribution in [0.5, 0.6) is 0 Å². The Morgan fingerprint density at radius 1 is 0.800 bits per heavy atom. The molecule has 134 valence electrons. The first-order chi connectivity index (χ1) is 12.0. The lowest BCUT2D eigenvalue weighted by Gasteiger charge is -2.29. The van der Waals surface area contributed by atoms with E-state index in [0.29, 0.717) is 11.8 Å². The highest BCUT2D eigenvalue weighted by Crippen LogP contribution is 2.22. The summed E-state index contributed by atoms with van der Waals surface area (Å²) >= 11 is 0. The highest BCUT2D eigenvalue weighted by Gasteiger charge is 2.21. The Morgan fingerprint density at radius 3 is 1.56 bits per heavy atom. The summed E-state index contributed by atoms with van der Waals surface area (Å²) in [4.78, 5) is 14.9. The molecule has 2 aromatic carbocycles. The molecule has 3 heteroatoms. The highest BCUT2D eigenvalue weighted by atomic mass is 16.2. The third-order valence-corrected chi connectivity index (χ3v) is 3.99. The van der Waals surface area contributed by atoms with Gasteiger partial charge in [-0.3, -0.25) is 0 Å². The molecule has 0 aliphatic heterocycles. The van der Waals surface area contributed by atoms with Crippen LogP contribution < -0.4 is 5.32 Å². The van der Waals surface area contributed by atoms with Crippen molar-refractivity contribution >= 4 is 6.03 Å². The van der Waals surface area contributed by atoms with Crippen LogP contribution in [0, 0.1) is 11.8 Å². The summed E-state index contributed by atoms with van der Waals surface area (Å²) in [5.74, 6) is 0.882. The number of amides is 2. The number of benzene rings is 2. The minimum Gasteiger partial charge on any atom is -0.327 e. The normalized spacial score (nSPS) is 11.2. The van der Waals surface area contributed by atoms with Crippen molar-refractivity contribution in [1.29, 1.82) is 0 Å². The second-order valence-corrected chi connectivity index (χ2v) is 7.40. The van der Waals surface area contributed by atoms with E-state index < -0.39 is 0 Å². The lowest BCUT2D eigenvalue weighted by molar-refractivity contribution is 0.181. The predicted octanol–water partition coefficient (Wildman–Crippen LogP) is 5.10. The van der Waals surface area contributed by atoms with Gasteiger partial charge in [-0.25, -0.2) is 4.79 Å². The number of hydrogen-bond donors (Lipinski definition) is 1. The van der Waals surface area contributed by atoms with Gasteiger partial charge in [0.1, 0.15) is 0 Å². The largest absolute Gasteiger partial charge is 0.327 e. The zero-order chi connectivity index (χ0) is 18.2. The molecule has 0 radical (unpaired) electrons. The maximum absolute atomic E-state index is 13.0. The molecule has 25 heavy (non-hydrogen) atoms. The molecule has 0 heterocycles. The number of carbonyl (C=O) groups excluding carboxylic acids is 1. The Kier molecular flexibility index (Phi) is 7.05. The van der Waals surface area contributed by atoms with Crippen LogP contribution in [0.2, 0.25) is 0 Å². The smallest absolute Gasteiger partial charge is 0.318 e. The average Bonchev–Trinajstić information content (AvgIpc) is 2.59. The molecule has 0 saturated carbocycles. The number of hydrogen-bond acceptors (Lipinski definition) is 1. The molecular formula is C22H30N2O. The van der Waals surface area contributed by atoms with E-state index in [4.69, 9.17) is 0 Å². The Bertz CT molecular complexity index is 588. The minimum atomic E-state index is -0.142. The SMILES string of the molecule is CC(C)CN(CC(C)C)C(=O)NC(c1ccccc1)c1ccccc1. The van der Waals surface area contributed by atoms with Crippen LogP contribution in [-0.4, -0.2) is 24.0 Å². The van der Waals surface area contributed by atoms with Crippen molar-refractivity contribution in [2.75, 3.05) is 13.1 Å². The second kappa shape index (κ2) is 9.26. The molecule has 0 atom stereocenters. The van der Waals surface area contributed by atoms with Gasteiger partial charge in [0, 0.05) is 13.1 Å². The topological polar surface area (TPSA) is 32.3 Å². The van der Waals surface area contributed by atoms with Crippen LogP contribution in [0.25, 0.3) is 0 Å². The quantitative estimate of drug-likeness (QED) is 0.748. The molecule has 0 aromatic heterocycles. The summed E-state index contributed by atoms with van der Waals surface area (Å²) in [6.07, 6.45) is 0. The zero-order valence-corrected chi connectivity index (χ0v) is 15.8. The standard InChI is InChI=1S/C22H30N2O/c1-17(2)15-24(16-18(3)4)22(25)23-21(19-11-7-5-8-12-19)20-13-9-6-10-14-20/h5-14,17-18,21H,15-16H2,1-4H3,(H,23,25). The van der Waals surface area contributed by atoms with Crippen molar-refractivity contribution in [2.24, 2.45) is 11.8 Å². The van der Waals surface area contributed by atoms with Crippen molar-refractivity contribution in [3.63, 3.8) is 0 Å². The fourth-order valence-corrected chi connectivity index (χ4v) is 2.99. The summed E-state index contributed by atoms with van der Waals surface area (Å²) in [5.41, 5.74) is 2.19. The minimum absolute atomic E-state index is 0.0000983. The fourth-order valence-electron chi connectivity index (χ4n) is 2.99. The molecule has 1 N–H and O–H groups in total. The third-order valence-electron chi connectivity index (χ3n) is 3.99. The molecule has 0 aliphatic rings. The predicted molar refractivity (Wildman–Crippen MR) is 105 cm³/mol. The maximum Gasteiger partial charge on any atom is 0.318 e. The lowest BCUT2D eigenvalue weighted by atomic mass is 9.99. The van der Waals surface area contributed by atoms with E-state index >= 15 is 0 Å².